The van der Waals surface area contributed by atoms with Crippen LogP contribution in [0.25, 0.3) is 10.9 Å². The van der Waals surface area contributed by atoms with Crippen LogP contribution in [0.3, 0.4) is 0 Å². The number of amides is 1. The standard InChI is InChI=1S/C26H24N7O2/c1-15-7-18(4-6-22(15)35-19-5-3-16(2)28-10-19)32-24-20-8-23(29-11-21(20)30-14-31-24)33-12-17-9-26(17,13-33)25(27)34/h3-11,14,17H,12-13H2,1-2H3,(H2,27,34)(H,30,31,32). The summed E-state index contributed by atoms with van der Waals surface area (Å²) in [5, 5.41) is 4.25. The van der Waals surface area contributed by atoms with Crippen molar-refractivity contribution in [2.24, 2.45) is 17.1 Å². The number of nitrogens with zero attached hydrogens (tertiary/aromatic N) is 5. The minimum Gasteiger partial charge on any atom is -0.455 e. The van der Waals surface area contributed by atoms with Gasteiger partial charge in [-0.2, -0.15) is 0 Å². The number of nitrogens with one attached hydrogen (secondary N) is 1. The summed E-state index contributed by atoms with van der Waals surface area (Å²) in [5.41, 5.74) is 8.63. The normalized spacial score (nSPS) is 20.5. The van der Waals surface area contributed by atoms with Crippen LogP contribution in [0.15, 0.2) is 55.1 Å². The molecule has 3 aromatic heterocycles. The van der Waals surface area contributed by atoms with Crippen molar-refractivity contribution in [3.8, 4) is 11.5 Å². The number of aryl methyl sites for hydroxylation is 2. The van der Waals surface area contributed by atoms with Crippen LogP contribution in [-0.4, -0.2) is 38.9 Å². The Balaban J connectivity index is 1.25. The monoisotopic (exact) mass is 466 g/mol. The summed E-state index contributed by atoms with van der Waals surface area (Å²) >= 11 is 0. The number of piperidine rings is 1. The molecule has 1 saturated heterocycles. The molecule has 1 saturated carbocycles. The molecule has 1 radical (unpaired) electrons. The molecular weight excluding hydrogens is 442 g/mol. The lowest BCUT2D eigenvalue weighted by Gasteiger charge is -2.21. The molecule has 0 bridgehead atoms. The Hall–Kier alpha value is -4.27. The summed E-state index contributed by atoms with van der Waals surface area (Å²) in [6, 6.07) is 11.7. The van der Waals surface area contributed by atoms with Gasteiger partial charge in [0.15, 0.2) is 0 Å². The maximum absolute atomic E-state index is 11.9. The van der Waals surface area contributed by atoms with Gasteiger partial charge in [0.1, 0.15) is 29.5 Å². The van der Waals surface area contributed by atoms with Gasteiger partial charge in [0, 0.05) is 29.9 Å². The van der Waals surface area contributed by atoms with Crippen LogP contribution in [0.2, 0.25) is 0 Å². The Morgan fingerprint density at radius 1 is 1.11 bits per heavy atom. The van der Waals surface area contributed by atoms with Crippen molar-refractivity contribution in [1.82, 2.24) is 19.9 Å². The van der Waals surface area contributed by atoms with Gasteiger partial charge in [-0.15, -0.1) is 0 Å². The summed E-state index contributed by atoms with van der Waals surface area (Å²) in [5.74, 6) is 2.84. The van der Waals surface area contributed by atoms with Gasteiger partial charge in [-0.25, -0.2) is 15.0 Å². The third kappa shape index (κ3) is 3.78. The van der Waals surface area contributed by atoms with Crippen LogP contribution in [0.5, 0.6) is 11.5 Å². The SMILES string of the molecule is Cc1ccc(Oc2ccc(Nc3ncnc4cnc(N5CC6[CH]C6(C(N)=O)C5)cc34)cc2C)cn1. The molecule has 1 aromatic carbocycles. The molecule has 0 spiro atoms. The Kier molecular flexibility index (Phi) is 4.80. The molecule has 175 valence electrons. The van der Waals surface area contributed by atoms with E-state index in [-0.39, 0.29) is 11.8 Å². The minimum atomic E-state index is -0.513. The van der Waals surface area contributed by atoms with Crippen LogP contribution < -0.4 is 20.7 Å². The average Bonchev–Trinajstić information content (AvgIpc) is 3.43. The highest BCUT2D eigenvalue weighted by molar-refractivity contribution is 5.93. The van der Waals surface area contributed by atoms with Crippen LogP contribution in [0, 0.1) is 31.6 Å². The highest BCUT2D eigenvalue weighted by Crippen LogP contribution is 2.57. The first-order valence-electron chi connectivity index (χ1n) is 11.4. The second kappa shape index (κ2) is 7.90. The summed E-state index contributed by atoms with van der Waals surface area (Å²) in [4.78, 5) is 31.7. The lowest BCUT2D eigenvalue weighted by molar-refractivity contribution is -0.122. The van der Waals surface area contributed by atoms with E-state index < -0.39 is 5.41 Å². The second-order valence-corrected chi connectivity index (χ2v) is 9.18. The van der Waals surface area contributed by atoms with Crippen molar-refractivity contribution >= 4 is 34.1 Å². The van der Waals surface area contributed by atoms with Gasteiger partial charge in [0.2, 0.25) is 5.91 Å². The molecule has 4 heterocycles. The molecule has 9 heteroatoms. The Labute approximate surface area is 202 Å². The van der Waals surface area contributed by atoms with Crippen LogP contribution in [-0.2, 0) is 4.79 Å². The van der Waals surface area contributed by atoms with E-state index in [9.17, 15) is 4.79 Å². The van der Waals surface area contributed by atoms with E-state index in [1.165, 1.54) is 6.33 Å². The van der Waals surface area contributed by atoms with Crippen LogP contribution >= 0.6 is 0 Å². The van der Waals surface area contributed by atoms with Crippen molar-refractivity contribution in [1.29, 1.82) is 0 Å². The number of carbonyl (C=O) groups excluding carboxylic acids is 1. The van der Waals surface area contributed by atoms with Crippen molar-refractivity contribution in [2.45, 2.75) is 13.8 Å². The van der Waals surface area contributed by atoms with Gasteiger partial charge in [0.25, 0.3) is 0 Å². The van der Waals surface area contributed by atoms with E-state index >= 15 is 0 Å². The zero-order chi connectivity index (χ0) is 24.2. The number of fused-ring (bicyclic) bond motifs is 2. The summed E-state index contributed by atoms with van der Waals surface area (Å²) in [6.45, 7) is 5.22. The van der Waals surface area contributed by atoms with E-state index in [4.69, 9.17) is 10.5 Å². The van der Waals surface area contributed by atoms with E-state index in [0.29, 0.717) is 18.1 Å². The molecule has 2 aliphatic rings. The molecule has 1 aliphatic heterocycles. The third-order valence-corrected chi connectivity index (χ3v) is 6.76. The zero-order valence-electron chi connectivity index (χ0n) is 19.4. The van der Waals surface area contributed by atoms with Gasteiger partial charge in [-0.1, -0.05) is 0 Å². The number of ether oxygens (including phenoxy) is 1. The van der Waals surface area contributed by atoms with Crippen LogP contribution in [0.1, 0.15) is 11.3 Å². The lowest BCUT2D eigenvalue weighted by atomic mass is 10.1. The molecule has 2 atom stereocenters. The average molecular weight is 467 g/mol. The third-order valence-electron chi connectivity index (χ3n) is 6.76. The molecule has 1 aliphatic carbocycles. The molecule has 4 aromatic rings. The maximum Gasteiger partial charge on any atom is 0.226 e. The fraction of sp³-hybridized carbons (Fsp3) is 0.231. The summed E-state index contributed by atoms with van der Waals surface area (Å²) in [7, 11) is 0. The Bertz CT molecular complexity index is 1460. The largest absolute Gasteiger partial charge is 0.455 e. The lowest BCUT2D eigenvalue weighted by Crippen LogP contribution is -2.33. The van der Waals surface area contributed by atoms with Gasteiger partial charge < -0.3 is 20.7 Å². The fourth-order valence-electron chi connectivity index (χ4n) is 4.67. The number of rotatable bonds is 6. The van der Waals surface area contributed by atoms with E-state index in [0.717, 1.165) is 46.0 Å². The Morgan fingerprint density at radius 3 is 2.74 bits per heavy atom. The minimum absolute atomic E-state index is 0.196. The molecular formula is C26H24N7O2. The highest BCUT2D eigenvalue weighted by atomic mass is 16.5. The van der Waals surface area contributed by atoms with Crippen molar-refractivity contribution in [3.05, 3.63) is 72.8 Å². The van der Waals surface area contributed by atoms with E-state index in [1.54, 1.807) is 12.4 Å². The second-order valence-electron chi connectivity index (χ2n) is 9.18. The first-order valence-corrected chi connectivity index (χ1v) is 11.4. The molecule has 2 fully saturated rings. The predicted molar refractivity (Wildman–Crippen MR) is 132 cm³/mol. The predicted octanol–water partition coefficient (Wildman–Crippen LogP) is 3.70. The van der Waals surface area contributed by atoms with Gasteiger partial charge in [0.05, 0.1) is 23.3 Å². The summed E-state index contributed by atoms with van der Waals surface area (Å²) in [6.07, 6.45) is 7.00. The van der Waals surface area contributed by atoms with Gasteiger partial charge in [-0.05, 0) is 68.1 Å². The van der Waals surface area contributed by atoms with Crippen molar-refractivity contribution in [2.75, 3.05) is 23.3 Å². The molecule has 9 nitrogen and oxygen atoms in total. The van der Waals surface area contributed by atoms with E-state index in [1.807, 2.05) is 56.7 Å². The van der Waals surface area contributed by atoms with Gasteiger partial charge >= 0.3 is 0 Å². The maximum atomic E-state index is 11.9. The molecule has 1 amide bonds. The number of carbonyl (C=O) groups is 1. The molecule has 3 N–H and O–H groups in total. The quantitative estimate of drug-likeness (QED) is 0.442. The first-order chi connectivity index (χ1) is 16.9. The number of aromatic nitrogens is 4. The first kappa shape index (κ1) is 21.3. The number of pyridine rings is 2. The molecule has 6 rings (SSSR count). The van der Waals surface area contributed by atoms with E-state index in [2.05, 4.69) is 30.2 Å². The highest BCUT2D eigenvalue weighted by Gasteiger charge is 2.64. The number of anilines is 3. The number of hydrogen-bond acceptors (Lipinski definition) is 8. The number of hydrogen-bond donors (Lipinski definition) is 2. The smallest absolute Gasteiger partial charge is 0.226 e. The van der Waals surface area contributed by atoms with Crippen molar-refractivity contribution < 1.29 is 9.53 Å². The number of nitrogens with two attached hydrogens (primary N) is 1. The van der Waals surface area contributed by atoms with Crippen molar-refractivity contribution in [3.63, 3.8) is 0 Å². The summed E-state index contributed by atoms with van der Waals surface area (Å²) < 4.78 is 5.98. The van der Waals surface area contributed by atoms with Gasteiger partial charge in [-0.3, -0.25) is 9.78 Å². The number of benzene rings is 1. The Morgan fingerprint density at radius 2 is 2.00 bits per heavy atom. The topological polar surface area (TPSA) is 119 Å². The zero-order valence-corrected chi connectivity index (χ0v) is 19.4. The van der Waals surface area contributed by atoms with Crippen LogP contribution in [0.4, 0.5) is 17.3 Å². The fourth-order valence-corrected chi connectivity index (χ4v) is 4.67. The number of primary amides is 1. The molecule has 2 unspecified atom stereocenters. The molecule has 35 heavy (non-hydrogen) atoms.